The number of nitrogens with one attached hydrogen (secondary N) is 1. The molecule has 3 heterocycles. The molecular formula is C14H16N2O4S. The summed E-state index contributed by atoms with van der Waals surface area (Å²) < 4.78 is 31.4. The van der Waals surface area contributed by atoms with Crippen molar-refractivity contribution in [2.45, 2.75) is 29.9 Å². The Morgan fingerprint density at radius 3 is 2.95 bits per heavy atom. The number of benzene rings is 1. The standard InChI is InChI=1S/C14H16N2O4S/c1-16-13(17)15-11-9-5-2-3-6-10(9)20-14(16)7-4-8-21(18,19)12(11)14/h2-3,5-6,11-12H,4,7-8H2,1H3,(H,15,17). The first-order chi connectivity index (χ1) is 9.96. The zero-order chi connectivity index (χ0) is 14.8. The van der Waals surface area contributed by atoms with Gasteiger partial charge in [-0.1, -0.05) is 18.2 Å². The van der Waals surface area contributed by atoms with E-state index in [0.717, 1.165) is 5.56 Å². The molecule has 4 rings (SSSR count). The lowest BCUT2D eigenvalue weighted by molar-refractivity contribution is -0.0918. The van der Waals surface area contributed by atoms with Crippen LogP contribution >= 0.6 is 0 Å². The second kappa shape index (κ2) is 3.91. The molecule has 21 heavy (non-hydrogen) atoms. The van der Waals surface area contributed by atoms with E-state index in [1.165, 1.54) is 4.90 Å². The Hall–Kier alpha value is -1.76. The molecule has 6 nitrogen and oxygen atoms in total. The molecule has 0 aromatic heterocycles. The zero-order valence-corrected chi connectivity index (χ0v) is 12.4. The molecule has 1 aromatic rings. The smallest absolute Gasteiger partial charge is 0.320 e. The van der Waals surface area contributed by atoms with Gasteiger partial charge >= 0.3 is 6.03 Å². The van der Waals surface area contributed by atoms with Crippen LogP contribution in [0.5, 0.6) is 5.75 Å². The van der Waals surface area contributed by atoms with E-state index in [1.807, 2.05) is 24.3 Å². The largest absolute Gasteiger partial charge is 0.466 e. The number of ether oxygens (including phenoxy) is 1. The lowest BCUT2D eigenvalue weighted by atomic mass is 9.86. The third-order valence-corrected chi connectivity index (χ3v) is 7.06. The normalized spacial score (nSPS) is 36.0. The molecule has 0 spiro atoms. The Morgan fingerprint density at radius 2 is 2.14 bits per heavy atom. The predicted octanol–water partition coefficient (Wildman–Crippen LogP) is 1.05. The molecule has 7 heteroatoms. The van der Waals surface area contributed by atoms with Crippen LogP contribution in [-0.4, -0.2) is 43.1 Å². The first-order valence-electron chi connectivity index (χ1n) is 6.99. The number of sulfone groups is 1. The molecule has 0 saturated carbocycles. The van der Waals surface area contributed by atoms with E-state index in [1.54, 1.807) is 7.05 Å². The molecule has 0 aliphatic carbocycles. The van der Waals surface area contributed by atoms with Crippen LogP contribution in [0.2, 0.25) is 0 Å². The number of fused-ring (bicyclic) bond motifs is 2. The summed E-state index contributed by atoms with van der Waals surface area (Å²) in [5.74, 6) is 0.799. The number of urea groups is 1. The topological polar surface area (TPSA) is 75.7 Å². The Morgan fingerprint density at radius 1 is 1.38 bits per heavy atom. The van der Waals surface area contributed by atoms with Gasteiger partial charge in [0.15, 0.2) is 9.84 Å². The van der Waals surface area contributed by atoms with Gasteiger partial charge in [0.25, 0.3) is 0 Å². The van der Waals surface area contributed by atoms with Gasteiger partial charge in [0.2, 0.25) is 5.72 Å². The third kappa shape index (κ3) is 1.52. The van der Waals surface area contributed by atoms with Crippen molar-refractivity contribution in [3.8, 4) is 5.75 Å². The van der Waals surface area contributed by atoms with Crippen molar-refractivity contribution in [1.29, 1.82) is 0 Å². The van der Waals surface area contributed by atoms with Crippen molar-refractivity contribution in [2.75, 3.05) is 12.8 Å². The summed E-state index contributed by atoms with van der Waals surface area (Å²) in [6.07, 6.45) is 1.04. The molecule has 2 fully saturated rings. The summed E-state index contributed by atoms with van der Waals surface area (Å²) in [4.78, 5) is 13.6. The Balaban J connectivity index is 2.00. The molecular weight excluding hydrogens is 292 g/mol. The fourth-order valence-electron chi connectivity index (χ4n) is 3.82. The average Bonchev–Trinajstić information content (AvgIpc) is 2.44. The highest BCUT2D eigenvalue weighted by molar-refractivity contribution is 7.92. The van der Waals surface area contributed by atoms with Gasteiger partial charge in [-0.05, 0) is 12.5 Å². The molecule has 2 bridgehead atoms. The van der Waals surface area contributed by atoms with Gasteiger partial charge in [0.05, 0.1) is 11.8 Å². The van der Waals surface area contributed by atoms with Crippen LogP contribution in [0.4, 0.5) is 4.79 Å². The molecule has 2 amide bonds. The van der Waals surface area contributed by atoms with Crippen LogP contribution in [-0.2, 0) is 9.84 Å². The molecule has 1 aromatic carbocycles. The van der Waals surface area contributed by atoms with E-state index in [-0.39, 0.29) is 11.8 Å². The van der Waals surface area contributed by atoms with Gasteiger partial charge in [0.1, 0.15) is 11.0 Å². The number of para-hydroxylation sites is 1. The molecule has 3 atom stereocenters. The number of nitrogens with zero attached hydrogens (tertiary/aromatic N) is 1. The van der Waals surface area contributed by atoms with E-state index >= 15 is 0 Å². The summed E-state index contributed by atoms with van der Waals surface area (Å²) in [6, 6.07) is 6.50. The van der Waals surface area contributed by atoms with Gasteiger partial charge in [0, 0.05) is 19.0 Å². The predicted molar refractivity (Wildman–Crippen MR) is 75.6 cm³/mol. The van der Waals surface area contributed by atoms with E-state index in [0.29, 0.717) is 18.6 Å². The Labute approximate surface area is 123 Å². The fraction of sp³-hybridized carbons (Fsp3) is 0.500. The SMILES string of the molecule is CN1C(=O)NC2c3ccccc3OC13CCCS(=O)(=O)C23. The maximum absolute atomic E-state index is 12.6. The van der Waals surface area contributed by atoms with Crippen LogP contribution in [0.25, 0.3) is 0 Å². The number of carbonyl (C=O) groups excluding carboxylic acids is 1. The van der Waals surface area contributed by atoms with E-state index in [9.17, 15) is 13.2 Å². The average molecular weight is 308 g/mol. The van der Waals surface area contributed by atoms with Gasteiger partial charge in [-0.15, -0.1) is 0 Å². The number of carbonyl (C=O) groups is 1. The second-order valence-corrected chi connectivity index (χ2v) is 8.10. The van der Waals surface area contributed by atoms with Crippen LogP contribution in [0.3, 0.4) is 0 Å². The number of hydrogen-bond acceptors (Lipinski definition) is 4. The summed E-state index contributed by atoms with van der Waals surface area (Å²) in [5.41, 5.74) is -0.344. The molecule has 2 saturated heterocycles. The molecule has 1 N–H and O–H groups in total. The summed E-state index contributed by atoms with van der Waals surface area (Å²) in [7, 11) is -1.73. The van der Waals surface area contributed by atoms with Crippen LogP contribution < -0.4 is 10.1 Å². The van der Waals surface area contributed by atoms with E-state index < -0.39 is 26.9 Å². The molecule has 3 aliphatic rings. The van der Waals surface area contributed by atoms with Gasteiger partial charge in [-0.3, -0.25) is 4.90 Å². The summed E-state index contributed by atoms with van der Waals surface area (Å²) in [5, 5.41) is 2.08. The molecule has 0 radical (unpaired) electrons. The van der Waals surface area contributed by atoms with Crippen LogP contribution in [0.1, 0.15) is 24.4 Å². The summed E-state index contributed by atoms with van der Waals surface area (Å²) in [6.45, 7) is 0. The second-order valence-electron chi connectivity index (χ2n) is 5.86. The maximum Gasteiger partial charge on any atom is 0.320 e. The maximum atomic E-state index is 12.6. The van der Waals surface area contributed by atoms with Crippen molar-refractivity contribution < 1.29 is 17.9 Å². The minimum atomic E-state index is -3.33. The highest BCUT2D eigenvalue weighted by atomic mass is 32.2. The van der Waals surface area contributed by atoms with Crippen LogP contribution in [0.15, 0.2) is 24.3 Å². The zero-order valence-electron chi connectivity index (χ0n) is 11.6. The highest BCUT2D eigenvalue weighted by Crippen LogP contribution is 2.50. The van der Waals surface area contributed by atoms with Crippen LogP contribution in [0, 0.1) is 0 Å². The number of rotatable bonds is 0. The van der Waals surface area contributed by atoms with Gasteiger partial charge in [-0.2, -0.15) is 0 Å². The van der Waals surface area contributed by atoms with Crippen molar-refractivity contribution in [3.05, 3.63) is 29.8 Å². The van der Waals surface area contributed by atoms with Gasteiger partial charge in [-0.25, -0.2) is 13.2 Å². The first-order valence-corrected chi connectivity index (χ1v) is 8.71. The monoisotopic (exact) mass is 308 g/mol. The third-order valence-electron chi connectivity index (χ3n) is 4.79. The van der Waals surface area contributed by atoms with Crippen molar-refractivity contribution in [3.63, 3.8) is 0 Å². The van der Waals surface area contributed by atoms with E-state index in [4.69, 9.17) is 4.74 Å². The first kappa shape index (κ1) is 12.9. The lowest BCUT2D eigenvalue weighted by Crippen LogP contribution is -2.75. The summed E-state index contributed by atoms with van der Waals surface area (Å²) >= 11 is 0. The van der Waals surface area contributed by atoms with E-state index in [2.05, 4.69) is 5.32 Å². The highest BCUT2D eigenvalue weighted by Gasteiger charge is 2.64. The Kier molecular flexibility index (Phi) is 2.41. The number of hydrogen-bond donors (Lipinski definition) is 1. The number of amides is 2. The van der Waals surface area contributed by atoms with Crippen molar-refractivity contribution in [2.24, 2.45) is 0 Å². The van der Waals surface area contributed by atoms with Crippen molar-refractivity contribution >= 4 is 15.9 Å². The minimum Gasteiger partial charge on any atom is -0.466 e. The molecule has 3 aliphatic heterocycles. The van der Waals surface area contributed by atoms with Gasteiger partial charge < -0.3 is 10.1 Å². The quantitative estimate of drug-likeness (QED) is 0.777. The fourth-order valence-corrected chi connectivity index (χ4v) is 6.13. The van der Waals surface area contributed by atoms with Crippen molar-refractivity contribution in [1.82, 2.24) is 10.2 Å². The lowest BCUT2D eigenvalue weighted by Gasteiger charge is -2.57. The minimum absolute atomic E-state index is 0.144. The Bertz CT molecular complexity index is 732. The molecule has 112 valence electrons. The molecule has 3 unspecified atom stereocenters.